The lowest BCUT2D eigenvalue weighted by molar-refractivity contribution is -0.119. The van der Waals surface area contributed by atoms with E-state index in [2.05, 4.69) is 16.0 Å². The summed E-state index contributed by atoms with van der Waals surface area (Å²) >= 11 is 0. The van der Waals surface area contributed by atoms with Gasteiger partial charge < -0.3 is 16.0 Å². The number of amides is 1. The largest absolute Gasteiger partial charge is 0.380 e. The van der Waals surface area contributed by atoms with Gasteiger partial charge in [-0.15, -0.1) is 0 Å². The Balaban J connectivity index is 1.90. The predicted octanol–water partition coefficient (Wildman–Crippen LogP) is 0.359. The molecule has 16 heavy (non-hydrogen) atoms. The van der Waals surface area contributed by atoms with Gasteiger partial charge >= 0.3 is 0 Å². The summed E-state index contributed by atoms with van der Waals surface area (Å²) in [5, 5.41) is 9.24. The van der Waals surface area contributed by atoms with E-state index in [1.807, 2.05) is 24.3 Å². The number of hydrogen-bond acceptors (Lipinski definition) is 3. The number of rotatable bonds is 4. The van der Waals surface area contributed by atoms with E-state index in [1.54, 1.807) is 7.05 Å². The van der Waals surface area contributed by atoms with Crippen molar-refractivity contribution in [2.45, 2.75) is 12.5 Å². The smallest absolute Gasteiger partial charge is 0.224 e. The first kappa shape index (κ1) is 11.0. The van der Waals surface area contributed by atoms with Crippen molar-refractivity contribution in [3.63, 3.8) is 0 Å². The minimum atomic E-state index is 0.0453. The molecule has 1 heterocycles. The van der Waals surface area contributed by atoms with Crippen LogP contribution in [0.5, 0.6) is 0 Å². The van der Waals surface area contributed by atoms with E-state index in [-0.39, 0.29) is 5.91 Å². The Morgan fingerprint density at radius 3 is 2.56 bits per heavy atom. The summed E-state index contributed by atoms with van der Waals surface area (Å²) in [5.41, 5.74) is 2.16. The standard InChI is InChI=1S/C12H17N3O/c1-13-12(16)6-9-2-4-10(5-3-9)15-11-7-14-8-11/h2-5,11,14-15H,6-8H2,1H3,(H,13,16). The highest BCUT2D eigenvalue weighted by molar-refractivity contribution is 5.78. The molecule has 1 aliphatic heterocycles. The molecular formula is C12H17N3O. The molecule has 0 atom stereocenters. The minimum absolute atomic E-state index is 0.0453. The van der Waals surface area contributed by atoms with Crippen LogP contribution in [0.1, 0.15) is 5.56 Å². The fraction of sp³-hybridized carbons (Fsp3) is 0.417. The number of likely N-dealkylation sites (N-methyl/N-ethyl adjacent to an activating group) is 1. The van der Waals surface area contributed by atoms with Crippen LogP contribution in [-0.2, 0) is 11.2 Å². The third-order valence-electron chi connectivity index (χ3n) is 2.75. The monoisotopic (exact) mass is 219 g/mol. The highest BCUT2D eigenvalue weighted by Crippen LogP contribution is 2.12. The number of carbonyl (C=O) groups excluding carboxylic acids is 1. The SMILES string of the molecule is CNC(=O)Cc1ccc(NC2CNC2)cc1. The fourth-order valence-electron chi connectivity index (χ4n) is 1.62. The first-order chi connectivity index (χ1) is 7.78. The van der Waals surface area contributed by atoms with Crippen LogP contribution < -0.4 is 16.0 Å². The lowest BCUT2D eigenvalue weighted by Crippen LogP contribution is -2.51. The lowest BCUT2D eigenvalue weighted by atomic mass is 10.1. The van der Waals surface area contributed by atoms with E-state index in [0.717, 1.165) is 24.3 Å². The third-order valence-corrected chi connectivity index (χ3v) is 2.75. The molecule has 4 heteroatoms. The molecule has 1 aliphatic rings. The van der Waals surface area contributed by atoms with Gasteiger partial charge in [-0.05, 0) is 17.7 Å². The Kier molecular flexibility index (Phi) is 3.41. The van der Waals surface area contributed by atoms with Crippen molar-refractivity contribution >= 4 is 11.6 Å². The minimum Gasteiger partial charge on any atom is -0.380 e. The summed E-state index contributed by atoms with van der Waals surface area (Å²) in [6, 6.07) is 8.57. The molecular weight excluding hydrogens is 202 g/mol. The van der Waals surface area contributed by atoms with Gasteiger partial charge in [-0.3, -0.25) is 4.79 Å². The van der Waals surface area contributed by atoms with Crippen LogP contribution in [0.4, 0.5) is 5.69 Å². The third kappa shape index (κ3) is 2.73. The fourth-order valence-corrected chi connectivity index (χ4v) is 1.62. The molecule has 0 bridgehead atoms. The van der Waals surface area contributed by atoms with E-state index in [1.165, 1.54) is 0 Å². The normalized spacial score (nSPS) is 15.3. The molecule has 0 spiro atoms. The first-order valence-electron chi connectivity index (χ1n) is 5.54. The van der Waals surface area contributed by atoms with Crippen molar-refractivity contribution in [3.8, 4) is 0 Å². The van der Waals surface area contributed by atoms with Crippen molar-refractivity contribution in [1.29, 1.82) is 0 Å². The van der Waals surface area contributed by atoms with E-state index >= 15 is 0 Å². The number of hydrogen-bond donors (Lipinski definition) is 3. The maximum absolute atomic E-state index is 11.2. The molecule has 0 unspecified atom stereocenters. The Bertz CT molecular complexity index is 357. The van der Waals surface area contributed by atoms with Crippen LogP contribution in [0.2, 0.25) is 0 Å². The zero-order valence-corrected chi connectivity index (χ0v) is 9.42. The molecule has 3 N–H and O–H groups in total. The average Bonchev–Trinajstić information content (AvgIpc) is 2.25. The summed E-state index contributed by atoms with van der Waals surface area (Å²) in [6.45, 7) is 2.06. The second-order valence-corrected chi connectivity index (χ2v) is 4.05. The number of anilines is 1. The van der Waals surface area contributed by atoms with Gasteiger partial charge in [-0.2, -0.15) is 0 Å². The van der Waals surface area contributed by atoms with Gasteiger partial charge in [0.25, 0.3) is 0 Å². The summed E-state index contributed by atoms with van der Waals surface area (Å²) < 4.78 is 0. The Morgan fingerprint density at radius 2 is 2.06 bits per heavy atom. The Hall–Kier alpha value is -1.55. The molecule has 86 valence electrons. The zero-order chi connectivity index (χ0) is 11.4. The quantitative estimate of drug-likeness (QED) is 0.685. The van der Waals surface area contributed by atoms with Gasteiger partial charge in [0.15, 0.2) is 0 Å². The predicted molar refractivity (Wildman–Crippen MR) is 64.5 cm³/mol. The Labute approximate surface area is 95.4 Å². The second-order valence-electron chi connectivity index (χ2n) is 4.05. The molecule has 0 saturated carbocycles. The number of benzene rings is 1. The molecule has 0 aliphatic carbocycles. The van der Waals surface area contributed by atoms with Gasteiger partial charge in [0.2, 0.25) is 5.91 Å². The summed E-state index contributed by atoms with van der Waals surface area (Å²) in [5.74, 6) is 0.0453. The number of nitrogens with one attached hydrogen (secondary N) is 3. The number of carbonyl (C=O) groups is 1. The van der Waals surface area contributed by atoms with Gasteiger partial charge in [-0.1, -0.05) is 12.1 Å². The molecule has 1 saturated heterocycles. The van der Waals surface area contributed by atoms with Crippen LogP contribution in [0.15, 0.2) is 24.3 Å². The molecule has 1 fully saturated rings. The molecule has 1 aromatic carbocycles. The lowest BCUT2D eigenvalue weighted by Gasteiger charge is -2.29. The first-order valence-corrected chi connectivity index (χ1v) is 5.54. The van der Waals surface area contributed by atoms with Crippen molar-refractivity contribution < 1.29 is 4.79 Å². The van der Waals surface area contributed by atoms with Gasteiger partial charge in [0.05, 0.1) is 12.5 Å². The van der Waals surface area contributed by atoms with Crippen molar-refractivity contribution in [2.24, 2.45) is 0 Å². The molecule has 1 amide bonds. The topological polar surface area (TPSA) is 53.2 Å². The maximum atomic E-state index is 11.2. The van der Waals surface area contributed by atoms with E-state index in [0.29, 0.717) is 12.5 Å². The highest BCUT2D eigenvalue weighted by Gasteiger charge is 2.15. The Morgan fingerprint density at radius 1 is 1.38 bits per heavy atom. The van der Waals surface area contributed by atoms with E-state index < -0.39 is 0 Å². The molecule has 0 radical (unpaired) electrons. The average molecular weight is 219 g/mol. The maximum Gasteiger partial charge on any atom is 0.224 e. The molecule has 0 aromatic heterocycles. The van der Waals surface area contributed by atoms with Gasteiger partial charge in [-0.25, -0.2) is 0 Å². The van der Waals surface area contributed by atoms with E-state index in [4.69, 9.17) is 0 Å². The van der Waals surface area contributed by atoms with Gasteiger partial charge in [0, 0.05) is 25.8 Å². The van der Waals surface area contributed by atoms with Crippen LogP contribution in [-0.4, -0.2) is 32.1 Å². The summed E-state index contributed by atoms with van der Waals surface area (Å²) in [6.07, 6.45) is 0.446. The van der Waals surface area contributed by atoms with Crippen LogP contribution >= 0.6 is 0 Å². The second kappa shape index (κ2) is 4.99. The summed E-state index contributed by atoms with van der Waals surface area (Å²) in [7, 11) is 1.65. The molecule has 2 rings (SSSR count). The van der Waals surface area contributed by atoms with Crippen LogP contribution in [0.3, 0.4) is 0 Å². The molecule has 4 nitrogen and oxygen atoms in total. The van der Waals surface area contributed by atoms with Crippen molar-refractivity contribution in [3.05, 3.63) is 29.8 Å². The highest BCUT2D eigenvalue weighted by atomic mass is 16.1. The van der Waals surface area contributed by atoms with Crippen LogP contribution in [0.25, 0.3) is 0 Å². The van der Waals surface area contributed by atoms with Crippen LogP contribution in [0, 0.1) is 0 Å². The van der Waals surface area contributed by atoms with E-state index in [9.17, 15) is 4.79 Å². The molecule has 1 aromatic rings. The van der Waals surface area contributed by atoms with Gasteiger partial charge in [0.1, 0.15) is 0 Å². The summed E-state index contributed by atoms with van der Waals surface area (Å²) in [4.78, 5) is 11.2. The van der Waals surface area contributed by atoms with Crippen molar-refractivity contribution in [1.82, 2.24) is 10.6 Å². The van der Waals surface area contributed by atoms with Crippen molar-refractivity contribution in [2.75, 3.05) is 25.5 Å². The zero-order valence-electron chi connectivity index (χ0n) is 9.42.